The van der Waals surface area contributed by atoms with E-state index in [1.807, 2.05) is 74.9 Å². The van der Waals surface area contributed by atoms with Gasteiger partial charge in [-0.2, -0.15) is 0 Å². The molecule has 0 bridgehead atoms. The molecule has 180 valence electrons. The molecule has 0 saturated carbocycles. The molecule has 7 nitrogen and oxygen atoms in total. The van der Waals surface area contributed by atoms with Crippen molar-refractivity contribution in [3.8, 4) is 0 Å². The summed E-state index contributed by atoms with van der Waals surface area (Å²) >= 11 is 1.31. The molecule has 2 N–H and O–H groups in total. The molecule has 1 aromatic heterocycles. The Morgan fingerprint density at radius 1 is 1.03 bits per heavy atom. The smallest absolute Gasteiger partial charge is 0.251 e. The third-order valence-corrected chi connectivity index (χ3v) is 6.59. The summed E-state index contributed by atoms with van der Waals surface area (Å²) in [5, 5.41) is 15.2. The summed E-state index contributed by atoms with van der Waals surface area (Å²) in [6.07, 6.45) is 0. The van der Waals surface area contributed by atoms with Crippen molar-refractivity contribution in [2.45, 2.75) is 51.7 Å². The lowest BCUT2D eigenvalue weighted by atomic mass is 10.0. The van der Waals surface area contributed by atoms with Crippen LogP contribution in [0.4, 0.5) is 5.69 Å². The van der Waals surface area contributed by atoms with Crippen LogP contribution in [0.3, 0.4) is 0 Å². The number of aryl methyl sites for hydroxylation is 1. The van der Waals surface area contributed by atoms with Gasteiger partial charge in [-0.3, -0.25) is 9.59 Å². The van der Waals surface area contributed by atoms with Gasteiger partial charge >= 0.3 is 0 Å². The number of benzene rings is 2. The SMILES string of the molecule is Cc1cccc(C(=O)N[C@@H](c2nnc(SCC(=O)Nc3ccc(C(C)C)cc3)n2C)C(C)C)c1. The Labute approximate surface area is 205 Å². The van der Waals surface area contributed by atoms with Gasteiger partial charge < -0.3 is 15.2 Å². The number of carbonyl (C=O) groups is 2. The van der Waals surface area contributed by atoms with E-state index in [1.54, 1.807) is 6.07 Å². The average molecular weight is 480 g/mol. The third kappa shape index (κ3) is 6.47. The molecular formula is C26H33N5O2S. The molecule has 8 heteroatoms. The van der Waals surface area contributed by atoms with Gasteiger partial charge in [-0.25, -0.2) is 0 Å². The Kier molecular flexibility index (Phi) is 8.50. The predicted molar refractivity (Wildman–Crippen MR) is 137 cm³/mol. The molecule has 1 heterocycles. The van der Waals surface area contributed by atoms with Gasteiger partial charge in [0, 0.05) is 18.3 Å². The van der Waals surface area contributed by atoms with Gasteiger partial charge in [-0.05, 0) is 48.6 Å². The van der Waals surface area contributed by atoms with Crippen LogP contribution >= 0.6 is 11.8 Å². The van der Waals surface area contributed by atoms with Crippen LogP contribution in [-0.4, -0.2) is 32.3 Å². The minimum Gasteiger partial charge on any atom is -0.342 e. The van der Waals surface area contributed by atoms with Crippen molar-refractivity contribution in [3.05, 3.63) is 71.0 Å². The summed E-state index contributed by atoms with van der Waals surface area (Å²) in [5.74, 6) is 1.15. The normalized spacial score (nSPS) is 12.1. The van der Waals surface area contributed by atoms with Crippen LogP contribution in [0, 0.1) is 12.8 Å². The Bertz CT molecular complexity index is 1140. The van der Waals surface area contributed by atoms with Crippen molar-refractivity contribution >= 4 is 29.3 Å². The van der Waals surface area contributed by atoms with Crippen molar-refractivity contribution < 1.29 is 9.59 Å². The molecule has 0 spiro atoms. The highest BCUT2D eigenvalue weighted by Crippen LogP contribution is 2.25. The minimum absolute atomic E-state index is 0.103. The number of rotatable bonds is 9. The second-order valence-electron chi connectivity index (χ2n) is 9.08. The van der Waals surface area contributed by atoms with Crippen molar-refractivity contribution in [1.82, 2.24) is 20.1 Å². The van der Waals surface area contributed by atoms with Crippen molar-refractivity contribution in [1.29, 1.82) is 0 Å². The first-order valence-electron chi connectivity index (χ1n) is 11.4. The van der Waals surface area contributed by atoms with Gasteiger partial charge in [0.2, 0.25) is 5.91 Å². The van der Waals surface area contributed by atoms with E-state index < -0.39 is 0 Å². The van der Waals surface area contributed by atoms with Gasteiger partial charge in [0.05, 0.1) is 11.8 Å². The lowest BCUT2D eigenvalue weighted by molar-refractivity contribution is -0.113. The fraction of sp³-hybridized carbons (Fsp3) is 0.385. The topological polar surface area (TPSA) is 88.9 Å². The maximum Gasteiger partial charge on any atom is 0.251 e. The third-order valence-electron chi connectivity index (χ3n) is 5.57. The second-order valence-corrected chi connectivity index (χ2v) is 10.0. The number of hydrogen-bond donors (Lipinski definition) is 2. The van der Waals surface area contributed by atoms with Crippen LogP contribution in [0.2, 0.25) is 0 Å². The number of hydrogen-bond acceptors (Lipinski definition) is 5. The molecule has 3 aromatic rings. The summed E-state index contributed by atoms with van der Waals surface area (Å²) in [4.78, 5) is 25.3. The number of anilines is 1. The van der Waals surface area contributed by atoms with E-state index in [0.717, 1.165) is 11.3 Å². The van der Waals surface area contributed by atoms with E-state index in [2.05, 4.69) is 34.7 Å². The van der Waals surface area contributed by atoms with Crippen molar-refractivity contribution in [3.63, 3.8) is 0 Å². The molecule has 1 atom stereocenters. The predicted octanol–water partition coefficient (Wildman–Crippen LogP) is 5.10. The van der Waals surface area contributed by atoms with Crippen molar-refractivity contribution in [2.24, 2.45) is 13.0 Å². The maximum absolute atomic E-state index is 12.8. The summed E-state index contributed by atoms with van der Waals surface area (Å²) in [6, 6.07) is 15.1. The maximum atomic E-state index is 12.8. The summed E-state index contributed by atoms with van der Waals surface area (Å²) in [5.41, 5.74) is 3.64. The molecule has 0 unspecified atom stereocenters. The molecule has 0 fully saturated rings. The van der Waals surface area contributed by atoms with E-state index >= 15 is 0 Å². The summed E-state index contributed by atoms with van der Waals surface area (Å²) in [6.45, 7) is 10.3. The molecular weight excluding hydrogens is 446 g/mol. The number of thioether (sulfide) groups is 1. The summed E-state index contributed by atoms with van der Waals surface area (Å²) < 4.78 is 1.84. The highest BCUT2D eigenvalue weighted by molar-refractivity contribution is 7.99. The highest BCUT2D eigenvalue weighted by Gasteiger charge is 2.25. The molecule has 0 aliphatic heterocycles. The lowest BCUT2D eigenvalue weighted by Crippen LogP contribution is -2.33. The van der Waals surface area contributed by atoms with Gasteiger partial charge in [-0.15, -0.1) is 10.2 Å². The van der Waals surface area contributed by atoms with Crippen LogP contribution in [0.5, 0.6) is 0 Å². The molecule has 34 heavy (non-hydrogen) atoms. The second kappa shape index (κ2) is 11.3. The van der Waals surface area contributed by atoms with E-state index in [1.165, 1.54) is 17.3 Å². The number of nitrogens with zero attached hydrogens (tertiary/aromatic N) is 3. The number of carbonyl (C=O) groups excluding carboxylic acids is 2. The van der Waals surface area contributed by atoms with E-state index in [0.29, 0.717) is 22.5 Å². The zero-order chi connectivity index (χ0) is 24.8. The van der Waals surface area contributed by atoms with Gasteiger partial charge in [0.25, 0.3) is 5.91 Å². The zero-order valence-corrected chi connectivity index (χ0v) is 21.4. The molecule has 2 amide bonds. The first-order chi connectivity index (χ1) is 16.2. The van der Waals surface area contributed by atoms with Gasteiger partial charge in [-0.1, -0.05) is 69.3 Å². The van der Waals surface area contributed by atoms with Crippen LogP contribution in [0.25, 0.3) is 0 Å². The van der Waals surface area contributed by atoms with Crippen LogP contribution < -0.4 is 10.6 Å². The molecule has 0 aliphatic carbocycles. The Morgan fingerprint density at radius 3 is 2.35 bits per heavy atom. The quantitative estimate of drug-likeness (QED) is 0.417. The Morgan fingerprint density at radius 2 is 1.74 bits per heavy atom. The molecule has 3 rings (SSSR count). The van der Waals surface area contributed by atoms with Crippen molar-refractivity contribution in [2.75, 3.05) is 11.1 Å². The first kappa shape index (κ1) is 25.5. The van der Waals surface area contributed by atoms with E-state index in [-0.39, 0.29) is 29.5 Å². The number of nitrogens with one attached hydrogen (secondary N) is 2. The monoisotopic (exact) mass is 479 g/mol. The minimum atomic E-state index is -0.312. The van der Waals surface area contributed by atoms with E-state index in [4.69, 9.17) is 0 Å². The molecule has 0 aliphatic rings. The van der Waals surface area contributed by atoms with Gasteiger partial charge in [0.15, 0.2) is 11.0 Å². The Hall–Kier alpha value is -3.13. The van der Waals surface area contributed by atoms with Crippen LogP contribution in [-0.2, 0) is 11.8 Å². The van der Waals surface area contributed by atoms with Gasteiger partial charge in [0.1, 0.15) is 0 Å². The number of amides is 2. The van der Waals surface area contributed by atoms with Crippen LogP contribution in [0.1, 0.15) is 67.0 Å². The fourth-order valence-electron chi connectivity index (χ4n) is 3.54. The number of aromatic nitrogens is 3. The van der Waals surface area contributed by atoms with E-state index in [9.17, 15) is 9.59 Å². The molecule has 0 saturated heterocycles. The van der Waals surface area contributed by atoms with Crippen LogP contribution in [0.15, 0.2) is 53.7 Å². The standard InChI is InChI=1S/C26H33N5O2S/c1-16(2)19-10-12-21(13-11-19)27-22(32)15-34-26-30-29-24(31(26)6)23(17(3)4)28-25(33)20-9-7-8-18(5)14-20/h7-14,16-17,23H,15H2,1-6H3,(H,27,32)(H,28,33)/t23-/m1/s1. The average Bonchev–Trinajstić information content (AvgIpc) is 3.16. The lowest BCUT2D eigenvalue weighted by Gasteiger charge is -2.21. The molecule has 0 radical (unpaired) electrons. The fourth-order valence-corrected chi connectivity index (χ4v) is 4.26. The highest BCUT2D eigenvalue weighted by atomic mass is 32.2. The zero-order valence-electron chi connectivity index (χ0n) is 20.6. The largest absolute Gasteiger partial charge is 0.342 e. The Balaban J connectivity index is 1.63. The summed E-state index contributed by atoms with van der Waals surface area (Å²) in [7, 11) is 1.86. The first-order valence-corrected chi connectivity index (χ1v) is 12.4. The molecule has 2 aromatic carbocycles.